The molecule has 1 N–H and O–H groups in total. The Bertz CT molecular complexity index is 254. The Hall–Kier alpha value is -0.220. The van der Waals surface area contributed by atoms with Gasteiger partial charge in [-0.15, -0.1) is 11.8 Å². The molecule has 0 spiro atoms. The third kappa shape index (κ3) is 3.98. The molecule has 1 heterocycles. The maximum Gasteiger partial charge on any atom is 0.232 e. The second kappa shape index (κ2) is 4.96. The van der Waals surface area contributed by atoms with Gasteiger partial charge in [-0.3, -0.25) is 4.79 Å². The Balaban J connectivity index is 2.27. The van der Waals surface area contributed by atoms with Crippen LogP contribution in [0.25, 0.3) is 0 Å². The lowest BCUT2D eigenvalue weighted by molar-refractivity contribution is -0.153. The molecule has 0 radical (unpaired) electrons. The van der Waals surface area contributed by atoms with Crippen LogP contribution >= 0.6 is 11.8 Å². The van der Waals surface area contributed by atoms with E-state index < -0.39 is 5.60 Å². The van der Waals surface area contributed by atoms with E-state index in [1.807, 2.05) is 0 Å². The highest BCUT2D eigenvalue weighted by Gasteiger charge is 2.42. The third-order valence-corrected chi connectivity index (χ3v) is 3.92. The van der Waals surface area contributed by atoms with Crippen molar-refractivity contribution in [3.63, 3.8) is 0 Å². The van der Waals surface area contributed by atoms with Gasteiger partial charge in [0.2, 0.25) is 5.91 Å². The van der Waals surface area contributed by atoms with Crippen molar-refractivity contribution < 1.29 is 9.90 Å². The van der Waals surface area contributed by atoms with Gasteiger partial charge >= 0.3 is 0 Å². The van der Waals surface area contributed by atoms with Crippen LogP contribution in [-0.4, -0.2) is 45.1 Å². The summed E-state index contributed by atoms with van der Waals surface area (Å²) < 4.78 is 0.125. The predicted octanol–water partition coefficient (Wildman–Crippen LogP) is 1.89. The second-order valence-corrected chi connectivity index (χ2v) is 7.43. The molecule has 1 saturated heterocycles. The van der Waals surface area contributed by atoms with Gasteiger partial charge in [-0.05, 0) is 6.42 Å². The number of carbonyl (C=O) groups excluding carboxylic acids is 1. The van der Waals surface area contributed by atoms with Crippen molar-refractivity contribution in [2.45, 2.75) is 50.9 Å². The molecule has 94 valence electrons. The molecule has 0 atom stereocenters. The van der Waals surface area contributed by atoms with E-state index in [2.05, 4.69) is 27.7 Å². The van der Waals surface area contributed by atoms with E-state index in [9.17, 15) is 9.90 Å². The first-order chi connectivity index (χ1) is 7.26. The highest BCUT2D eigenvalue weighted by atomic mass is 32.2. The molecule has 3 nitrogen and oxygen atoms in total. The lowest BCUT2D eigenvalue weighted by atomic mass is 9.89. The van der Waals surface area contributed by atoms with E-state index in [0.717, 1.165) is 12.8 Å². The molecule has 1 rings (SSSR count). The Labute approximate surface area is 103 Å². The first kappa shape index (κ1) is 13.8. The number of hydrogen-bond donors (Lipinski definition) is 1. The van der Waals surface area contributed by atoms with E-state index in [1.165, 1.54) is 0 Å². The monoisotopic (exact) mass is 245 g/mol. The van der Waals surface area contributed by atoms with E-state index in [0.29, 0.717) is 18.8 Å². The average molecular weight is 245 g/mol. The van der Waals surface area contributed by atoms with Gasteiger partial charge in [-0.2, -0.15) is 0 Å². The SMILES string of the molecule is CCCC1(O)CN(C(=O)CSC(C)(C)C)C1. The van der Waals surface area contributed by atoms with Crippen molar-refractivity contribution in [3.8, 4) is 0 Å². The number of thioether (sulfide) groups is 1. The summed E-state index contributed by atoms with van der Waals surface area (Å²) in [4.78, 5) is 13.5. The van der Waals surface area contributed by atoms with Crippen LogP contribution < -0.4 is 0 Å². The molecule has 1 fully saturated rings. The van der Waals surface area contributed by atoms with Gasteiger partial charge in [0.15, 0.2) is 0 Å². The van der Waals surface area contributed by atoms with Crippen molar-refractivity contribution in [3.05, 3.63) is 0 Å². The smallest absolute Gasteiger partial charge is 0.232 e. The zero-order valence-corrected chi connectivity index (χ0v) is 11.6. The molecule has 16 heavy (non-hydrogen) atoms. The van der Waals surface area contributed by atoms with Crippen molar-refractivity contribution in [2.24, 2.45) is 0 Å². The predicted molar refractivity (Wildman–Crippen MR) is 68.6 cm³/mol. The van der Waals surface area contributed by atoms with E-state index >= 15 is 0 Å². The number of aliphatic hydroxyl groups is 1. The highest BCUT2D eigenvalue weighted by molar-refractivity contribution is 8.01. The largest absolute Gasteiger partial charge is 0.386 e. The Morgan fingerprint density at radius 1 is 1.44 bits per heavy atom. The number of rotatable bonds is 4. The van der Waals surface area contributed by atoms with Crippen LogP contribution in [0.2, 0.25) is 0 Å². The molecule has 1 aliphatic heterocycles. The quantitative estimate of drug-likeness (QED) is 0.822. The minimum absolute atomic E-state index is 0.125. The summed E-state index contributed by atoms with van der Waals surface area (Å²) in [6, 6.07) is 0. The fourth-order valence-electron chi connectivity index (χ4n) is 1.83. The molecule has 0 aromatic heterocycles. The van der Waals surface area contributed by atoms with E-state index in [-0.39, 0.29) is 10.7 Å². The lowest BCUT2D eigenvalue weighted by Gasteiger charge is -2.46. The van der Waals surface area contributed by atoms with E-state index in [1.54, 1.807) is 16.7 Å². The normalized spacial score (nSPS) is 19.4. The molecule has 1 amide bonds. The van der Waals surface area contributed by atoms with Crippen molar-refractivity contribution in [1.82, 2.24) is 4.90 Å². The lowest BCUT2D eigenvalue weighted by Crippen LogP contribution is -2.63. The summed E-state index contributed by atoms with van der Waals surface area (Å²) in [5.74, 6) is 0.673. The molecule has 0 aromatic carbocycles. The van der Waals surface area contributed by atoms with Crippen molar-refractivity contribution in [1.29, 1.82) is 0 Å². The molecule has 0 aromatic rings. The Kier molecular flexibility index (Phi) is 4.29. The van der Waals surface area contributed by atoms with Gasteiger partial charge in [0.1, 0.15) is 0 Å². The standard InChI is InChI=1S/C12H23NO2S/c1-5-6-12(15)8-13(9-12)10(14)7-16-11(2,3)4/h15H,5-9H2,1-4H3. The van der Waals surface area contributed by atoms with Crippen LogP contribution in [0.1, 0.15) is 40.5 Å². The minimum Gasteiger partial charge on any atom is -0.386 e. The maximum atomic E-state index is 11.8. The number of β-amino-alcohol motifs (C(OH)–C–C–N with tert-alkyl or cyclic N) is 1. The second-order valence-electron chi connectivity index (χ2n) is 5.63. The molecular weight excluding hydrogens is 222 g/mol. The molecule has 0 unspecified atom stereocenters. The number of amides is 1. The first-order valence-corrected chi connectivity index (χ1v) is 6.88. The number of carbonyl (C=O) groups is 1. The fraction of sp³-hybridized carbons (Fsp3) is 0.917. The first-order valence-electron chi connectivity index (χ1n) is 5.90. The number of likely N-dealkylation sites (tertiary alicyclic amines) is 1. The van der Waals surface area contributed by atoms with Crippen LogP contribution in [0.15, 0.2) is 0 Å². The summed E-state index contributed by atoms with van der Waals surface area (Å²) >= 11 is 1.66. The van der Waals surface area contributed by atoms with Gasteiger partial charge in [-0.25, -0.2) is 0 Å². The molecular formula is C12H23NO2S. The number of nitrogens with zero attached hydrogens (tertiary/aromatic N) is 1. The summed E-state index contributed by atoms with van der Waals surface area (Å²) in [6.45, 7) is 9.41. The number of hydrogen-bond acceptors (Lipinski definition) is 3. The van der Waals surface area contributed by atoms with Crippen molar-refractivity contribution in [2.75, 3.05) is 18.8 Å². The Morgan fingerprint density at radius 2 is 2.00 bits per heavy atom. The fourth-order valence-corrected chi connectivity index (χ4v) is 2.57. The zero-order valence-electron chi connectivity index (χ0n) is 10.7. The summed E-state index contributed by atoms with van der Waals surface area (Å²) in [7, 11) is 0. The van der Waals surface area contributed by atoms with Crippen molar-refractivity contribution >= 4 is 17.7 Å². The molecule has 0 bridgehead atoms. The summed E-state index contributed by atoms with van der Waals surface area (Å²) in [5.41, 5.74) is -0.600. The van der Waals surface area contributed by atoms with Crippen LogP contribution in [0.4, 0.5) is 0 Å². The van der Waals surface area contributed by atoms with Crippen LogP contribution in [0, 0.1) is 0 Å². The molecule has 0 saturated carbocycles. The van der Waals surface area contributed by atoms with Gasteiger partial charge in [0.05, 0.1) is 24.4 Å². The van der Waals surface area contributed by atoms with Gasteiger partial charge in [0, 0.05) is 4.75 Å². The molecule has 1 aliphatic rings. The van der Waals surface area contributed by atoms with Crippen LogP contribution in [-0.2, 0) is 4.79 Å². The zero-order chi connectivity index (χ0) is 12.4. The van der Waals surface area contributed by atoms with E-state index in [4.69, 9.17) is 0 Å². The molecule has 0 aliphatic carbocycles. The maximum absolute atomic E-state index is 11.8. The molecule has 4 heteroatoms. The highest BCUT2D eigenvalue weighted by Crippen LogP contribution is 2.28. The van der Waals surface area contributed by atoms with Crippen LogP contribution in [0.5, 0.6) is 0 Å². The summed E-state index contributed by atoms with van der Waals surface area (Å²) in [6.07, 6.45) is 1.76. The average Bonchev–Trinajstić information content (AvgIpc) is 2.09. The third-order valence-electron chi connectivity index (χ3n) is 2.67. The van der Waals surface area contributed by atoms with Gasteiger partial charge in [-0.1, -0.05) is 34.1 Å². The minimum atomic E-state index is -0.600. The van der Waals surface area contributed by atoms with Gasteiger partial charge in [0.25, 0.3) is 0 Å². The summed E-state index contributed by atoms with van der Waals surface area (Å²) in [5, 5.41) is 9.96. The Morgan fingerprint density at radius 3 is 2.44 bits per heavy atom. The van der Waals surface area contributed by atoms with Crippen LogP contribution in [0.3, 0.4) is 0 Å². The topological polar surface area (TPSA) is 40.5 Å². The van der Waals surface area contributed by atoms with Gasteiger partial charge < -0.3 is 10.0 Å².